The van der Waals surface area contributed by atoms with Crippen molar-refractivity contribution in [1.29, 1.82) is 0 Å². The van der Waals surface area contributed by atoms with Crippen molar-refractivity contribution >= 4 is 21.6 Å². The summed E-state index contributed by atoms with van der Waals surface area (Å²) in [6.07, 6.45) is 1.32. The molecule has 0 aromatic heterocycles. The molecule has 1 N–H and O–H groups in total. The summed E-state index contributed by atoms with van der Waals surface area (Å²) in [7, 11) is -3.75. The van der Waals surface area contributed by atoms with Gasteiger partial charge in [0.25, 0.3) is 0 Å². The molecule has 0 fully saturated rings. The van der Waals surface area contributed by atoms with E-state index < -0.39 is 27.8 Å². The Morgan fingerprint density at radius 1 is 1.14 bits per heavy atom. The van der Waals surface area contributed by atoms with Crippen LogP contribution in [0.4, 0.5) is 10.1 Å². The van der Waals surface area contributed by atoms with Gasteiger partial charge in [0.1, 0.15) is 11.9 Å². The molecule has 0 saturated carbocycles. The molecular formula is C21H27FN2O3S. The van der Waals surface area contributed by atoms with Gasteiger partial charge in [0.2, 0.25) is 15.9 Å². The van der Waals surface area contributed by atoms with Gasteiger partial charge in [-0.05, 0) is 62.6 Å². The summed E-state index contributed by atoms with van der Waals surface area (Å²) < 4.78 is 39.2. The summed E-state index contributed by atoms with van der Waals surface area (Å²) >= 11 is 0. The van der Waals surface area contributed by atoms with E-state index in [1.165, 1.54) is 24.3 Å². The second kappa shape index (κ2) is 8.73. The van der Waals surface area contributed by atoms with Crippen molar-refractivity contribution in [2.45, 2.75) is 46.2 Å². The number of sulfonamides is 1. The number of carbonyl (C=O) groups is 1. The van der Waals surface area contributed by atoms with E-state index in [-0.39, 0.29) is 18.2 Å². The molecule has 7 heteroatoms. The van der Waals surface area contributed by atoms with E-state index in [4.69, 9.17) is 0 Å². The third-order valence-corrected chi connectivity index (χ3v) is 5.84. The zero-order valence-electron chi connectivity index (χ0n) is 16.9. The minimum atomic E-state index is -3.75. The minimum absolute atomic E-state index is 0.255. The summed E-state index contributed by atoms with van der Waals surface area (Å²) in [6, 6.07) is 9.84. The van der Waals surface area contributed by atoms with Crippen LogP contribution in [0.25, 0.3) is 0 Å². The number of rotatable bonds is 7. The summed E-state index contributed by atoms with van der Waals surface area (Å²) in [6.45, 7) is 7.59. The molecule has 0 radical (unpaired) electrons. The van der Waals surface area contributed by atoms with Gasteiger partial charge in [-0.2, -0.15) is 0 Å². The Bertz CT molecular complexity index is 943. The molecule has 2 aromatic rings. The molecule has 5 nitrogen and oxygen atoms in total. The second-order valence-corrected chi connectivity index (χ2v) is 8.91. The fourth-order valence-electron chi connectivity index (χ4n) is 3.35. The molecule has 0 heterocycles. The fourth-order valence-corrected chi connectivity index (χ4v) is 4.56. The van der Waals surface area contributed by atoms with E-state index in [2.05, 4.69) is 5.32 Å². The molecule has 0 spiro atoms. The Morgan fingerprint density at radius 2 is 1.75 bits per heavy atom. The number of benzene rings is 2. The maximum absolute atomic E-state index is 13.3. The third-order valence-electron chi connectivity index (χ3n) is 4.66. The molecule has 0 aliphatic heterocycles. The van der Waals surface area contributed by atoms with E-state index in [0.717, 1.165) is 27.3 Å². The molecule has 0 unspecified atom stereocenters. The number of nitrogens with zero attached hydrogens (tertiary/aromatic N) is 1. The highest BCUT2D eigenvalue weighted by Gasteiger charge is 2.32. The number of amides is 1. The number of nitrogens with one attached hydrogen (secondary N) is 1. The molecule has 2 rings (SSSR count). The van der Waals surface area contributed by atoms with Crippen LogP contribution < -0.4 is 9.62 Å². The largest absolute Gasteiger partial charge is 0.348 e. The maximum Gasteiger partial charge on any atom is 0.244 e. The number of aryl methyl sites for hydroxylation is 2. The van der Waals surface area contributed by atoms with Gasteiger partial charge in [-0.1, -0.05) is 30.7 Å². The first kappa shape index (κ1) is 21.9. The number of hydrogen-bond donors (Lipinski definition) is 1. The first-order chi connectivity index (χ1) is 13.0. The van der Waals surface area contributed by atoms with Crippen molar-refractivity contribution in [2.75, 3.05) is 10.6 Å². The Kier molecular flexibility index (Phi) is 6.82. The zero-order chi connectivity index (χ0) is 21.1. The lowest BCUT2D eigenvalue weighted by atomic mass is 10.00. The highest BCUT2D eigenvalue weighted by molar-refractivity contribution is 7.92. The van der Waals surface area contributed by atoms with Gasteiger partial charge in [0, 0.05) is 0 Å². The SMILES string of the molecule is CC[C@H](C(=O)N[C@H](C)c1ccc(C)cc1C)N(c1ccc(F)cc1)S(C)(=O)=O. The molecule has 0 saturated heterocycles. The molecule has 0 bridgehead atoms. The molecule has 2 aromatic carbocycles. The number of hydrogen-bond acceptors (Lipinski definition) is 3. The van der Waals surface area contributed by atoms with Gasteiger partial charge in [-0.25, -0.2) is 12.8 Å². The third kappa shape index (κ3) is 5.10. The van der Waals surface area contributed by atoms with Crippen LogP contribution in [0.15, 0.2) is 42.5 Å². The van der Waals surface area contributed by atoms with Crippen LogP contribution in [-0.4, -0.2) is 26.6 Å². The highest BCUT2D eigenvalue weighted by Crippen LogP contribution is 2.24. The van der Waals surface area contributed by atoms with Crippen molar-refractivity contribution in [3.05, 3.63) is 65.0 Å². The van der Waals surface area contributed by atoms with Crippen LogP contribution in [0.1, 0.15) is 43.0 Å². The summed E-state index contributed by atoms with van der Waals surface area (Å²) in [5, 5.41) is 2.92. The Hall–Kier alpha value is -2.41. The Labute approximate surface area is 166 Å². The van der Waals surface area contributed by atoms with Crippen molar-refractivity contribution in [1.82, 2.24) is 5.32 Å². The molecule has 2 atom stereocenters. The zero-order valence-corrected chi connectivity index (χ0v) is 17.7. The molecule has 28 heavy (non-hydrogen) atoms. The Morgan fingerprint density at radius 3 is 2.25 bits per heavy atom. The van der Waals surface area contributed by atoms with Crippen LogP contribution in [0.5, 0.6) is 0 Å². The van der Waals surface area contributed by atoms with Crippen molar-refractivity contribution in [2.24, 2.45) is 0 Å². The van der Waals surface area contributed by atoms with Crippen LogP contribution in [0.3, 0.4) is 0 Å². The van der Waals surface area contributed by atoms with Crippen molar-refractivity contribution in [3.8, 4) is 0 Å². The van der Waals surface area contributed by atoms with Gasteiger partial charge in [-0.15, -0.1) is 0 Å². The lowest BCUT2D eigenvalue weighted by Gasteiger charge is -2.31. The Balaban J connectivity index is 2.32. The van der Waals surface area contributed by atoms with Gasteiger partial charge in [-0.3, -0.25) is 9.10 Å². The van der Waals surface area contributed by atoms with Gasteiger partial charge in [0.15, 0.2) is 0 Å². The maximum atomic E-state index is 13.3. The topological polar surface area (TPSA) is 66.5 Å². The number of carbonyl (C=O) groups excluding carboxylic acids is 1. The molecule has 152 valence electrons. The minimum Gasteiger partial charge on any atom is -0.348 e. The predicted octanol–water partition coefficient (Wildman–Crippen LogP) is 3.86. The highest BCUT2D eigenvalue weighted by atomic mass is 32.2. The lowest BCUT2D eigenvalue weighted by molar-refractivity contribution is -0.122. The molecule has 0 aliphatic carbocycles. The van der Waals surface area contributed by atoms with Crippen LogP contribution in [0.2, 0.25) is 0 Å². The first-order valence-electron chi connectivity index (χ1n) is 9.17. The smallest absolute Gasteiger partial charge is 0.244 e. The summed E-state index contributed by atoms with van der Waals surface area (Å²) in [4.78, 5) is 13.0. The van der Waals surface area contributed by atoms with Gasteiger partial charge >= 0.3 is 0 Å². The molecule has 0 aliphatic rings. The standard InChI is InChI=1S/C21H27FN2O3S/c1-6-20(24(28(5,26)27)18-10-8-17(22)9-11-18)21(25)23-16(4)19-12-7-14(2)13-15(19)3/h7-13,16,20H,6H2,1-5H3,(H,23,25)/t16-,20-/m1/s1. The molecular weight excluding hydrogens is 379 g/mol. The molecule has 1 amide bonds. The quantitative estimate of drug-likeness (QED) is 0.759. The van der Waals surface area contributed by atoms with E-state index in [0.29, 0.717) is 0 Å². The van der Waals surface area contributed by atoms with E-state index in [1.54, 1.807) is 6.92 Å². The number of anilines is 1. The monoisotopic (exact) mass is 406 g/mol. The fraction of sp³-hybridized carbons (Fsp3) is 0.381. The average Bonchev–Trinajstić information content (AvgIpc) is 2.59. The van der Waals surface area contributed by atoms with Crippen LogP contribution in [0, 0.1) is 19.7 Å². The van der Waals surface area contributed by atoms with Gasteiger partial charge < -0.3 is 5.32 Å². The van der Waals surface area contributed by atoms with Crippen molar-refractivity contribution in [3.63, 3.8) is 0 Å². The van der Waals surface area contributed by atoms with Crippen LogP contribution in [-0.2, 0) is 14.8 Å². The summed E-state index contributed by atoms with van der Waals surface area (Å²) in [5.41, 5.74) is 3.41. The lowest BCUT2D eigenvalue weighted by Crippen LogP contribution is -2.49. The normalized spacial score (nSPS) is 13.6. The van der Waals surface area contributed by atoms with E-state index >= 15 is 0 Å². The van der Waals surface area contributed by atoms with Crippen LogP contribution >= 0.6 is 0 Å². The predicted molar refractivity (Wildman–Crippen MR) is 110 cm³/mol. The van der Waals surface area contributed by atoms with E-state index in [1.807, 2.05) is 39.0 Å². The average molecular weight is 407 g/mol. The van der Waals surface area contributed by atoms with Gasteiger partial charge in [0.05, 0.1) is 18.0 Å². The first-order valence-corrected chi connectivity index (χ1v) is 11.0. The van der Waals surface area contributed by atoms with E-state index in [9.17, 15) is 17.6 Å². The number of halogens is 1. The van der Waals surface area contributed by atoms with Crippen molar-refractivity contribution < 1.29 is 17.6 Å². The summed E-state index contributed by atoms with van der Waals surface area (Å²) in [5.74, 6) is -0.872. The second-order valence-electron chi connectivity index (χ2n) is 7.05.